The van der Waals surface area contributed by atoms with Gasteiger partial charge in [0, 0.05) is 6.54 Å². The van der Waals surface area contributed by atoms with E-state index in [1.54, 1.807) is 0 Å². The van der Waals surface area contributed by atoms with Gasteiger partial charge in [-0.3, -0.25) is 4.74 Å². The van der Waals surface area contributed by atoms with E-state index < -0.39 is 6.36 Å². The highest BCUT2D eigenvalue weighted by molar-refractivity contribution is 4.72. The Bertz CT molecular complexity index is 179. The number of nitrogens with two attached hydrogens (primary N) is 1. The molecular weight excluding hydrogens is 209 g/mol. The molecule has 1 aliphatic heterocycles. The second-order valence-electron chi connectivity index (χ2n) is 3.81. The minimum absolute atomic E-state index is 0.281. The van der Waals surface area contributed by atoms with Gasteiger partial charge in [-0.2, -0.15) is 0 Å². The van der Waals surface area contributed by atoms with E-state index in [2.05, 4.69) is 4.74 Å². The minimum atomic E-state index is -4.50. The molecule has 2 N–H and O–H groups in total. The van der Waals surface area contributed by atoms with Crippen LogP contribution in [0.2, 0.25) is 0 Å². The fourth-order valence-corrected chi connectivity index (χ4v) is 1.74. The molecule has 0 aromatic carbocycles. The van der Waals surface area contributed by atoms with Crippen molar-refractivity contribution in [3.63, 3.8) is 0 Å². The largest absolute Gasteiger partial charge is 0.522 e. The lowest BCUT2D eigenvalue weighted by molar-refractivity contribution is -0.325. The SMILES string of the molecule is NCC1CCN(CCOC(F)(F)F)CC1. The van der Waals surface area contributed by atoms with E-state index in [0.717, 1.165) is 25.9 Å². The highest BCUT2D eigenvalue weighted by Gasteiger charge is 2.29. The van der Waals surface area contributed by atoms with Crippen LogP contribution in [0.1, 0.15) is 12.8 Å². The quantitative estimate of drug-likeness (QED) is 0.782. The zero-order chi connectivity index (χ0) is 11.3. The molecule has 0 atom stereocenters. The van der Waals surface area contributed by atoms with Gasteiger partial charge in [-0.15, -0.1) is 13.2 Å². The Labute approximate surface area is 87.4 Å². The van der Waals surface area contributed by atoms with Crippen molar-refractivity contribution in [3.05, 3.63) is 0 Å². The third kappa shape index (κ3) is 5.34. The van der Waals surface area contributed by atoms with Crippen LogP contribution in [0.4, 0.5) is 13.2 Å². The van der Waals surface area contributed by atoms with E-state index in [-0.39, 0.29) is 6.61 Å². The summed E-state index contributed by atoms with van der Waals surface area (Å²) >= 11 is 0. The van der Waals surface area contributed by atoms with Gasteiger partial charge in [-0.25, -0.2) is 0 Å². The first-order valence-electron chi connectivity index (χ1n) is 5.14. The summed E-state index contributed by atoms with van der Waals surface area (Å²) in [6.07, 6.45) is -2.55. The summed E-state index contributed by atoms with van der Waals surface area (Å²) in [6, 6.07) is 0. The zero-order valence-corrected chi connectivity index (χ0v) is 8.59. The Balaban J connectivity index is 2.09. The predicted octanol–water partition coefficient (Wildman–Crippen LogP) is 1.19. The third-order valence-corrected chi connectivity index (χ3v) is 2.71. The average molecular weight is 226 g/mol. The van der Waals surface area contributed by atoms with Gasteiger partial charge < -0.3 is 10.6 Å². The summed E-state index contributed by atoms with van der Waals surface area (Å²) < 4.78 is 38.7. The molecule has 0 spiro atoms. The van der Waals surface area contributed by atoms with Crippen molar-refractivity contribution in [1.82, 2.24) is 4.90 Å². The van der Waals surface area contributed by atoms with Crippen molar-refractivity contribution in [2.75, 3.05) is 32.8 Å². The van der Waals surface area contributed by atoms with Gasteiger partial charge in [-0.05, 0) is 38.4 Å². The summed E-state index contributed by atoms with van der Waals surface area (Å²) in [4.78, 5) is 1.98. The maximum Gasteiger partial charge on any atom is 0.522 e. The van der Waals surface area contributed by atoms with Crippen LogP contribution in [0.25, 0.3) is 0 Å². The molecule has 0 aromatic rings. The molecule has 15 heavy (non-hydrogen) atoms. The van der Waals surface area contributed by atoms with Gasteiger partial charge in [0.1, 0.15) is 0 Å². The van der Waals surface area contributed by atoms with Crippen LogP contribution < -0.4 is 5.73 Å². The predicted molar refractivity (Wildman–Crippen MR) is 50.2 cm³/mol. The van der Waals surface area contributed by atoms with Crippen molar-refractivity contribution < 1.29 is 17.9 Å². The van der Waals surface area contributed by atoms with E-state index in [4.69, 9.17) is 5.73 Å². The van der Waals surface area contributed by atoms with Gasteiger partial charge in [0.25, 0.3) is 0 Å². The normalized spacial score (nSPS) is 20.8. The fraction of sp³-hybridized carbons (Fsp3) is 1.00. The standard InChI is InChI=1S/C9H17F3N2O/c10-9(11,12)15-6-5-14-3-1-8(7-13)2-4-14/h8H,1-7,13H2. The molecule has 0 aliphatic carbocycles. The summed E-state index contributed by atoms with van der Waals surface area (Å²) in [5.74, 6) is 0.532. The van der Waals surface area contributed by atoms with Gasteiger partial charge >= 0.3 is 6.36 Å². The Morgan fingerprint density at radius 1 is 1.27 bits per heavy atom. The van der Waals surface area contributed by atoms with Crippen molar-refractivity contribution in [1.29, 1.82) is 0 Å². The van der Waals surface area contributed by atoms with Crippen molar-refractivity contribution >= 4 is 0 Å². The van der Waals surface area contributed by atoms with Crippen LogP contribution in [0.15, 0.2) is 0 Å². The first kappa shape index (κ1) is 12.7. The van der Waals surface area contributed by atoms with Crippen LogP contribution in [-0.4, -0.2) is 44.0 Å². The highest BCUT2D eigenvalue weighted by Crippen LogP contribution is 2.18. The van der Waals surface area contributed by atoms with Gasteiger partial charge in [-0.1, -0.05) is 0 Å². The number of hydrogen-bond acceptors (Lipinski definition) is 3. The highest BCUT2D eigenvalue weighted by atomic mass is 19.4. The smallest absolute Gasteiger partial charge is 0.330 e. The summed E-state index contributed by atoms with van der Waals surface area (Å²) in [5.41, 5.74) is 5.51. The first-order valence-corrected chi connectivity index (χ1v) is 5.14. The van der Waals surface area contributed by atoms with E-state index in [0.29, 0.717) is 19.0 Å². The number of rotatable bonds is 4. The molecule has 0 saturated carbocycles. The zero-order valence-electron chi connectivity index (χ0n) is 8.59. The molecule has 1 saturated heterocycles. The molecule has 0 aromatic heterocycles. The second-order valence-corrected chi connectivity index (χ2v) is 3.81. The van der Waals surface area contributed by atoms with Crippen LogP contribution in [-0.2, 0) is 4.74 Å². The monoisotopic (exact) mass is 226 g/mol. The number of piperidine rings is 1. The van der Waals surface area contributed by atoms with Crippen molar-refractivity contribution in [2.24, 2.45) is 11.7 Å². The fourth-order valence-electron chi connectivity index (χ4n) is 1.74. The number of halogens is 3. The minimum Gasteiger partial charge on any atom is -0.330 e. The van der Waals surface area contributed by atoms with Crippen LogP contribution in [0.5, 0.6) is 0 Å². The van der Waals surface area contributed by atoms with E-state index >= 15 is 0 Å². The molecule has 6 heteroatoms. The maximum absolute atomic E-state index is 11.7. The van der Waals surface area contributed by atoms with E-state index in [9.17, 15) is 13.2 Å². The van der Waals surface area contributed by atoms with Crippen molar-refractivity contribution in [3.8, 4) is 0 Å². The molecule has 1 heterocycles. The average Bonchev–Trinajstić information content (AvgIpc) is 2.17. The maximum atomic E-state index is 11.7. The number of alkyl halides is 3. The van der Waals surface area contributed by atoms with E-state index in [1.165, 1.54) is 0 Å². The molecule has 1 aliphatic rings. The molecule has 3 nitrogen and oxygen atoms in total. The molecule has 90 valence electrons. The molecule has 0 unspecified atom stereocenters. The van der Waals surface area contributed by atoms with Crippen LogP contribution in [0, 0.1) is 5.92 Å². The molecule has 1 fully saturated rings. The Kier molecular flexibility index (Phi) is 4.82. The van der Waals surface area contributed by atoms with Crippen LogP contribution in [0.3, 0.4) is 0 Å². The number of hydrogen-bond donors (Lipinski definition) is 1. The number of ether oxygens (including phenoxy) is 1. The lowest BCUT2D eigenvalue weighted by Gasteiger charge is -2.31. The molecule has 0 bridgehead atoms. The molecule has 0 amide bonds. The molecular formula is C9H17F3N2O. The Morgan fingerprint density at radius 3 is 2.33 bits per heavy atom. The molecule has 0 radical (unpaired) electrons. The summed E-state index contributed by atoms with van der Waals surface area (Å²) in [7, 11) is 0. The topological polar surface area (TPSA) is 38.5 Å². The van der Waals surface area contributed by atoms with Crippen LogP contribution >= 0.6 is 0 Å². The lowest BCUT2D eigenvalue weighted by atomic mass is 9.97. The lowest BCUT2D eigenvalue weighted by Crippen LogP contribution is -2.38. The second kappa shape index (κ2) is 5.67. The Hall–Kier alpha value is -0.330. The molecule has 1 rings (SSSR count). The third-order valence-electron chi connectivity index (χ3n) is 2.71. The first-order chi connectivity index (χ1) is 7.01. The number of nitrogens with zero attached hydrogens (tertiary/aromatic N) is 1. The Morgan fingerprint density at radius 2 is 1.87 bits per heavy atom. The van der Waals surface area contributed by atoms with Gasteiger partial charge in [0.15, 0.2) is 0 Å². The van der Waals surface area contributed by atoms with E-state index in [1.807, 2.05) is 4.90 Å². The number of likely N-dealkylation sites (tertiary alicyclic amines) is 1. The van der Waals surface area contributed by atoms with Gasteiger partial charge in [0.05, 0.1) is 6.61 Å². The van der Waals surface area contributed by atoms with Gasteiger partial charge in [0.2, 0.25) is 0 Å². The summed E-state index contributed by atoms with van der Waals surface area (Å²) in [6.45, 7) is 2.38. The van der Waals surface area contributed by atoms with Crippen molar-refractivity contribution in [2.45, 2.75) is 19.2 Å². The summed E-state index contributed by atoms with van der Waals surface area (Å²) in [5, 5.41) is 0.